The van der Waals surface area contributed by atoms with E-state index in [2.05, 4.69) is 17.6 Å². The number of hydrogen-bond donors (Lipinski definition) is 2. The van der Waals surface area contributed by atoms with Gasteiger partial charge in [-0.05, 0) is 51.5 Å². The highest BCUT2D eigenvalue weighted by Gasteiger charge is 2.42. The molecule has 0 bridgehead atoms. The van der Waals surface area contributed by atoms with E-state index in [-0.39, 0.29) is 5.41 Å². The Morgan fingerprint density at radius 1 is 1.11 bits per heavy atom. The lowest BCUT2D eigenvalue weighted by Crippen LogP contribution is -2.60. The normalized spacial score (nSPS) is 32.6. The first-order valence-corrected chi connectivity index (χ1v) is 8.18. The van der Waals surface area contributed by atoms with Gasteiger partial charge in [0.05, 0.1) is 0 Å². The zero-order chi connectivity index (χ0) is 13.3. The van der Waals surface area contributed by atoms with Crippen LogP contribution in [-0.4, -0.2) is 24.0 Å². The van der Waals surface area contributed by atoms with Crippen molar-refractivity contribution in [3.63, 3.8) is 0 Å². The summed E-state index contributed by atoms with van der Waals surface area (Å²) in [6, 6.07) is 0.410. The van der Waals surface area contributed by atoms with Crippen LogP contribution < -0.4 is 10.6 Å². The summed E-state index contributed by atoms with van der Waals surface area (Å²) in [6.45, 7) is 3.24. The summed E-state index contributed by atoms with van der Waals surface area (Å²) in [5.74, 6) is 0.327. The molecule has 0 aromatic rings. The van der Waals surface area contributed by atoms with Gasteiger partial charge < -0.3 is 10.6 Å². The summed E-state index contributed by atoms with van der Waals surface area (Å²) in [5.41, 5.74) is 0.291. The van der Waals surface area contributed by atoms with E-state index in [0.29, 0.717) is 17.5 Å². The van der Waals surface area contributed by atoms with Crippen molar-refractivity contribution in [3.05, 3.63) is 0 Å². The number of hydrogen-bond acceptors (Lipinski definition) is 2. The Labute approximate surface area is 116 Å². The average Bonchev–Trinajstić information content (AvgIpc) is 2.38. The largest absolute Gasteiger partial charge is 0.353 e. The molecular formula is C16H28N2O. The van der Waals surface area contributed by atoms with E-state index in [1.807, 2.05) is 0 Å². The first kappa shape index (κ1) is 13.4. The van der Waals surface area contributed by atoms with Gasteiger partial charge in [-0.15, -0.1) is 0 Å². The minimum Gasteiger partial charge on any atom is -0.353 e. The lowest BCUT2D eigenvalue weighted by Gasteiger charge is -2.49. The first-order valence-electron chi connectivity index (χ1n) is 8.18. The maximum absolute atomic E-state index is 12.6. The van der Waals surface area contributed by atoms with Crippen LogP contribution >= 0.6 is 0 Å². The highest BCUT2D eigenvalue weighted by Crippen LogP contribution is 2.39. The fraction of sp³-hybridized carbons (Fsp3) is 0.938. The van der Waals surface area contributed by atoms with E-state index in [1.165, 1.54) is 38.5 Å². The fourth-order valence-corrected chi connectivity index (χ4v) is 4.18. The van der Waals surface area contributed by atoms with E-state index in [0.717, 1.165) is 32.2 Å². The molecule has 3 nitrogen and oxygen atoms in total. The molecule has 19 heavy (non-hydrogen) atoms. The second-order valence-corrected chi connectivity index (χ2v) is 7.35. The van der Waals surface area contributed by atoms with Crippen LogP contribution in [0, 0.1) is 5.41 Å². The predicted octanol–water partition coefficient (Wildman–Crippen LogP) is 2.75. The molecule has 3 fully saturated rings. The predicted molar refractivity (Wildman–Crippen MR) is 76.9 cm³/mol. The highest BCUT2D eigenvalue weighted by atomic mass is 16.2. The van der Waals surface area contributed by atoms with Crippen LogP contribution in [0.1, 0.15) is 71.1 Å². The van der Waals surface area contributed by atoms with Gasteiger partial charge in [-0.25, -0.2) is 0 Å². The van der Waals surface area contributed by atoms with Crippen molar-refractivity contribution in [2.75, 3.05) is 6.54 Å². The van der Waals surface area contributed by atoms with Crippen molar-refractivity contribution in [2.24, 2.45) is 5.41 Å². The van der Waals surface area contributed by atoms with Crippen LogP contribution in [0.2, 0.25) is 0 Å². The molecular weight excluding hydrogens is 236 g/mol. The van der Waals surface area contributed by atoms with Crippen molar-refractivity contribution in [2.45, 2.75) is 82.7 Å². The summed E-state index contributed by atoms with van der Waals surface area (Å²) < 4.78 is 0. The lowest BCUT2D eigenvalue weighted by molar-refractivity contribution is -0.133. The van der Waals surface area contributed by atoms with Gasteiger partial charge in [0.25, 0.3) is 0 Å². The summed E-state index contributed by atoms with van der Waals surface area (Å²) in [5, 5.41) is 7.05. The van der Waals surface area contributed by atoms with Gasteiger partial charge in [0.1, 0.15) is 0 Å². The molecule has 1 amide bonds. The Hall–Kier alpha value is -0.570. The molecule has 3 rings (SSSR count). The Morgan fingerprint density at radius 2 is 1.84 bits per heavy atom. The molecule has 108 valence electrons. The van der Waals surface area contributed by atoms with E-state index >= 15 is 0 Å². The average molecular weight is 264 g/mol. The molecule has 0 aromatic carbocycles. The van der Waals surface area contributed by atoms with E-state index in [9.17, 15) is 4.79 Å². The molecule has 1 aliphatic heterocycles. The molecule has 3 aliphatic rings. The molecule has 1 spiro atoms. The molecule has 2 saturated carbocycles. The van der Waals surface area contributed by atoms with Gasteiger partial charge in [0.2, 0.25) is 5.91 Å². The SMILES string of the molecule is CC1(C(=O)NC2CCNC3(CCC3)C2)CCCCC1. The molecule has 3 heteroatoms. The van der Waals surface area contributed by atoms with Crippen LogP contribution in [0.4, 0.5) is 0 Å². The quantitative estimate of drug-likeness (QED) is 0.805. The Kier molecular flexibility index (Phi) is 3.59. The maximum atomic E-state index is 12.6. The first-order chi connectivity index (χ1) is 9.12. The molecule has 2 aliphatic carbocycles. The molecule has 0 radical (unpaired) electrons. The molecule has 1 unspecified atom stereocenters. The zero-order valence-corrected chi connectivity index (χ0v) is 12.3. The van der Waals surface area contributed by atoms with Crippen molar-refractivity contribution >= 4 is 5.91 Å². The van der Waals surface area contributed by atoms with Gasteiger partial charge in [0, 0.05) is 17.0 Å². The molecule has 1 heterocycles. The summed E-state index contributed by atoms with van der Waals surface area (Å²) >= 11 is 0. The topological polar surface area (TPSA) is 41.1 Å². The van der Waals surface area contributed by atoms with Gasteiger partial charge >= 0.3 is 0 Å². The standard InChI is InChI=1S/C16H28N2O/c1-15(7-3-2-4-8-15)14(19)18-13-6-11-17-16(12-13)9-5-10-16/h13,17H,2-12H2,1H3,(H,18,19). The van der Waals surface area contributed by atoms with Crippen molar-refractivity contribution in [1.82, 2.24) is 10.6 Å². The van der Waals surface area contributed by atoms with Gasteiger partial charge in [-0.2, -0.15) is 0 Å². The maximum Gasteiger partial charge on any atom is 0.226 e. The number of nitrogens with one attached hydrogen (secondary N) is 2. The van der Waals surface area contributed by atoms with E-state index in [1.54, 1.807) is 0 Å². The van der Waals surface area contributed by atoms with Crippen LogP contribution in [0.25, 0.3) is 0 Å². The Bertz CT molecular complexity index is 343. The monoisotopic (exact) mass is 264 g/mol. The smallest absolute Gasteiger partial charge is 0.226 e. The van der Waals surface area contributed by atoms with Crippen LogP contribution in [0.5, 0.6) is 0 Å². The van der Waals surface area contributed by atoms with Crippen LogP contribution in [-0.2, 0) is 4.79 Å². The zero-order valence-electron chi connectivity index (χ0n) is 12.3. The highest BCUT2D eigenvalue weighted by molar-refractivity contribution is 5.82. The van der Waals surface area contributed by atoms with Crippen LogP contribution in [0.3, 0.4) is 0 Å². The molecule has 0 aromatic heterocycles. The number of carbonyl (C=O) groups is 1. The second-order valence-electron chi connectivity index (χ2n) is 7.35. The summed E-state index contributed by atoms with van der Waals surface area (Å²) in [6.07, 6.45) is 12.1. The second kappa shape index (κ2) is 5.08. The minimum atomic E-state index is -0.0874. The van der Waals surface area contributed by atoms with E-state index < -0.39 is 0 Å². The summed E-state index contributed by atoms with van der Waals surface area (Å²) in [7, 11) is 0. The van der Waals surface area contributed by atoms with Gasteiger partial charge in [-0.1, -0.05) is 26.2 Å². The van der Waals surface area contributed by atoms with Gasteiger partial charge in [-0.3, -0.25) is 4.79 Å². The fourth-order valence-electron chi connectivity index (χ4n) is 4.18. The third kappa shape index (κ3) is 2.67. The van der Waals surface area contributed by atoms with Crippen molar-refractivity contribution < 1.29 is 4.79 Å². The molecule has 2 N–H and O–H groups in total. The van der Waals surface area contributed by atoms with E-state index in [4.69, 9.17) is 0 Å². The lowest BCUT2D eigenvalue weighted by atomic mass is 9.70. The number of piperidine rings is 1. The summed E-state index contributed by atoms with van der Waals surface area (Å²) in [4.78, 5) is 12.6. The minimum absolute atomic E-state index is 0.0874. The Balaban J connectivity index is 1.56. The third-order valence-corrected chi connectivity index (χ3v) is 5.78. The number of amides is 1. The Morgan fingerprint density at radius 3 is 2.47 bits per heavy atom. The number of rotatable bonds is 2. The van der Waals surface area contributed by atoms with Crippen LogP contribution in [0.15, 0.2) is 0 Å². The van der Waals surface area contributed by atoms with Gasteiger partial charge in [0.15, 0.2) is 0 Å². The van der Waals surface area contributed by atoms with Crippen molar-refractivity contribution in [1.29, 1.82) is 0 Å². The number of carbonyl (C=O) groups excluding carboxylic acids is 1. The van der Waals surface area contributed by atoms with Crippen molar-refractivity contribution in [3.8, 4) is 0 Å². The third-order valence-electron chi connectivity index (χ3n) is 5.78. The molecule has 1 atom stereocenters. The molecule has 1 saturated heterocycles.